The SMILES string of the molecule is N#Cc1ccc(CC2(O)CCCCC2)[nH]c1=O. The van der Waals surface area contributed by atoms with Crippen LogP contribution in [0.25, 0.3) is 0 Å². The van der Waals surface area contributed by atoms with E-state index in [2.05, 4.69) is 4.98 Å². The molecule has 0 aliphatic heterocycles. The second-order valence-electron chi connectivity index (χ2n) is 4.80. The maximum atomic E-state index is 11.5. The lowest BCUT2D eigenvalue weighted by Gasteiger charge is -2.31. The third-order valence-electron chi connectivity index (χ3n) is 3.39. The molecule has 1 saturated carbocycles. The average molecular weight is 232 g/mol. The Bertz CT molecular complexity index is 493. The van der Waals surface area contributed by atoms with Gasteiger partial charge < -0.3 is 10.1 Å². The minimum absolute atomic E-state index is 0.115. The molecule has 1 aromatic rings. The summed E-state index contributed by atoms with van der Waals surface area (Å²) in [5, 5.41) is 19.0. The minimum atomic E-state index is -0.685. The number of hydrogen-bond acceptors (Lipinski definition) is 3. The number of aromatic nitrogens is 1. The number of pyridine rings is 1. The molecule has 0 saturated heterocycles. The zero-order valence-corrected chi connectivity index (χ0v) is 9.70. The average Bonchev–Trinajstić information content (AvgIpc) is 2.29. The number of aromatic amines is 1. The van der Waals surface area contributed by atoms with Gasteiger partial charge in [-0.2, -0.15) is 5.26 Å². The molecule has 2 rings (SSSR count). The van der Waals surface area contributed by atoms with Gasteiger partial charge in [-0.1, -0.05) is 19.3 Å². The number of aliphatic hydroxyl groups is 1. The molecule has 0 spiro atoms. The van der Waals surface area contributed by atoms with Crippen molar-refractivity contribution in [1.82, 2.24) is 4.98 Å². The van der Waals surface area contributed by atoms with E-state index in [4.69, 9.17) is 5.26 Å². The molecule has 0 amide bonds. The molecule has 0 unspecified atom stereocenters. The van der Waals surface area contributed by atoms with Crippen molar-refractivity contribution in [3.8, 4) is 6.07 Å². The van der Waals surface area contributed by atoms with Crippen LogP contribution in [0.3, 0.4) is 0 Å². The first-order valence-electron chi connectivity index (χ1n) is 5.98. The van der Waals surface area contributed by atoms with Gasteiger partial charge in [0.15, 0.2) is 0 Å². The van der Waals surface area contributed by atoms with Crippen LogP contribution in [0.5, 0.6) is 0 Å². The Balaban J connectivity index is 2.16. The van der Waals surface area contributed by atoms with Gasteiger partial charge in [-0.25, -0.2) is 0 Å². The van der Waals surface area contributed by atoms with Crippen LogP contribution < -0.4 is 5.56 Å². The molecule has 0 aromatic carbocycles. The number of hydrogen-bond donors (Lipinski definition) is 2. The smallest absolute Gasteiger partial charge is 0.266 e. The largest absolute Gasteiger partial charge is 0.389 e. The molecule has 2 N–H and O–H groups in total. The number of rotatable bonds is 2. The number of nitrogens with zero attached hydrogens (tertiary/aromatic N) is 1. The minimum Gasteiger partial charge on any atom is -0.389 e. The van der Waals surface area contributed by atoms with Crippen molar-refractivity contribution >= 4 is 0 Å². The predicted molar refractivity (Wildman–Crippen MR) is 63.5 cm³/mol. The van der Waals surface area contributed by atoms with Crippen molar-refractivity contribution in [1.29, 1.82) is 5.26 Å². The lowest BCUT2D eigenvalue weighted by molar-refractivity contribution is 0.00363. The maximum Gasteiger partial charge on any atom is 0.266 e. The van der Waals surface area contributed by atoms with E-state index < -0.39 is 5.60 Å². The van der Waals surface area contributed by atoms with E-state index in [0.717, 1.165) is 25.7 Å². The second kappa shape index (κ2) is 4.72. The van der Waals surface area contributed by atoms with Gasteiger partial charge in [-0.3, -0.25) is 4.79 Å². The summed E-state index contributed by atoms with van der Waals surface area (Å²) in [5.41, 5.74) is -0.234. The van der Waals surface area contributed by atoms with E-state index in [1.54, 1.807) is 6.07 Å². The molecule has 1 aliphatic rings. The molecular weight excluding hydrogens is 216 g/mol. The van der Waals surface area contributed by atoms with Crippen LogP contribution in [0.1, 0.15) is 43.4 Å². The summed E-state index contributed by atoms with van der Waals surface area (Å²) in [6, 6.07) is 5.06. The number of H-pyrrole nitrogens is 1. The van der Waals surface area contributed by atoms with Gasteiger partial charge in [0, 0.05) is 12.1 Å². The van der Waals surface area contributed by atoms with Gasteiger partial charge in [-0.05, 0) is 25.0 Å². The molecule has 1 fully saturated rings. The third-order valence-corrected chi connectivity index (χ3v) is 3.39. The Hall–Kier alpha value is -1.60. The first kappa shape index (κ1) is 11.9. The van der Waals surface area contributed by atoms with E-state index in [9.17, 15) is 9.90 Å². The van der Waals surface area contributed by atoms with Crippen LogP contribution in [0.2, 0.25) is 0 Å². The number of nitrogens with one attached hydrogen (secondary N) is 1. The first-order valence-corrected chi connectivity index (χ1v) is 5.98. The fourth-order valence-corrected chi connectivity index (χ4v) is 2.45. The molecular formula is C13H16N2O2. The molecule has 0 bridgehead atoms. The van der Waals surface area contributed by atoms with E-state index >= 15 is 0 Å². The highest BCUT2D eigenvalue weighted by Crippen LogP contribution is 2.30. The Morgan fingerprint density at radius 1 is 1.35 bits per heavy atom. The normalized spacial score (nSPS) is 18.6. The zero-order chi connectivity index (χ0) is 12.3. The molecule has 90 valence electrons. The van der Waals surface area contributed by atoms with Gasteiger partial charge in [0.05, 0.1) is 5.60 Å². The Morgan fingerprint density at radius 2 is 2.06 bits per heavy atom. The summed E-state index contributed by atoms with van der Waals surface area (Å²) >= 11 is 0. The van der Waals surface area contributed by atoms with E-state index in [1.807, 2.05) is 6.07 Å². The van der Waals surface area contributed by atoms with Gasteiger partial charge in [-0.15, -0.1) is 0 Å². The summed E-state index contributed by atoms with van der Waals surface area (Å²) < 4.78 is 0. The van der Waals surface area contributed by atoms with Gasteiger partial charge in [0.25, 0.3) is 5.56 Å². The van der Waals surface area contributed by atoms with Gasteiger partial charge in [0.1, 0.15) is 11.6 Å². The summed E-state index contributed by atoms with van der Waals surface area (Å²) in [7, 11) is 0. The van der Waals surface area contributed by atoms with Crippen LogP contribution in [-0.4, -0.2) is 15.7 Å². The quantitative estimate of drug-likeness (QED) is 0.810. The molecule has 1 aliphatic carbocycles. The summed E-state index contributed by atoms with van der Waals surface area (Å²) in [6.07, 6.45) is 5.29. The maximum absolute atomic E-state index is 11.5. The topological polar surface area (TPSA) is 76.9 Å². The molecule has 1 heterocycles. The van der Waals surface area contributed by atoms with E-state index in [-0.39, 0.29) is 11.1 Å². The van der Waals surface area contributed by atoms with Crippen molar-refractivity contribution in [2.75, 3.05) is 0 Å². The monoisotopic (exact) mass is 232 g/mol. The summed E-state index contributed by atoms with van der Waals surface area (Å²) in [6.45, 7) is 0. The van der Waals surface area contributed by atoms with Gasteiger partial charge >= 0.3 is 0 Å². The van der Waals surface area contributed by atoms with E-state index in [0.29, 0.717) is 12.1 Å². The Morgan fingerprint density at radius 3 is 2.65 bits per heavy atom. The Labute approximate surface area is 99.9 Å². The molecule has 17 heavy (non-hydrogen) atoms. The third kappa shape index (κ3) is 2.75. The van der Waals surface area contributed by atoms with Crippen LogP contribution >= 0.6 is 0 Å². The molecule has 0 radical (unpaired) electrons. The lowest BCUT2D eigenvalue weighted by atomic mass is 9.81. The predicted octanol–water partition coefficient (Wildman–Crippen LogP) is 1.48. The van der Waals surface area contributed by atoms with Crippen molar-refractivity contribution in [2.45, 2.75) is 44.1 Å². The molecule has 1 aromatic heterocycles. The fourth-order valence-electron chi connectivity index (χ4n) is 2.45. The highest BCUT2D eigenvalue weighted by Gasteiger charge is 2.29. The highest BCUT2D eigenvalue weighted by molar-refractivity contribution is 5.27. The lowest BCUT2D eigenvalue weighted by Crippen LogP contribution is -2.34. The van der Waals surface area contributed by atoms with Crippen LogP contribution in [0, 0.1) is 11.3 Å². The van der Waals surface area contributed by atoms with E-state index in [1.165, 1.54) is 12.5 Å². The molecule has 4 nitrogen and oxygen atoms in total. The van der Waals surface area contributed by atoms with Crippen molar-refractivity contribution in [2.24, 2.45) is 0 Å². The Kier molecular flexibility index (Phi) is 3.30. The van der Waals surface area contributed by atoms with Crippen molar-refractivity contribution in [3.63, 3.8) is 0 Å². The van der Waals surface area contributed by atoms with Crippen LogP contribution in [0.15, 0.2) is 16.9 Å². The molecule has 4 heteroatoms. The highest BCUT2D eigenvalue weighted by atomic mass is 16.3. The standard InChI is InChI=1S/C13H16N2O2/c14-9-10-4-5-11(15-12(10)16)8-13(17)6-2-1-3-7-13/h4-5,17H,1-3,6-8H2,(H,15,16). The molecule has 0 atom stereocenters. The second-order valence-corrected chi connectivity index (χ2v) is 4.80. The summed E-state index contributed by atoms with van der Waals surface area (Å²) in [4.78, 5) is 14.1. The van der Waals surface area contributed by atoms with Crippen LogP contribution in [0.4, 0.5) is 0 Å². The zero-order valence-electron chi connectivity index (χ0n) is 9.70. The first-order chi connectivity index (χ1) is 8.13. The van der Waals surface area contributed by atoms with Crippen molar-refractivity contribution < 1.29 is 5.11 Å². The van der Waals surface area contributed by atoms with Gasteiger partial charge in [0.2, 0.25) is 0 Å². The summed E-state index contributed by atoms with van der Waals surface area (Å²) in [5.74, 6) is 0. The van der Waals surface area contributed by atoms with Crippen LogP contribution in [-0.2, 0) is 6.42 Å². The van der Waals surface area contributed by atoms with Crippen molar-refractivity contribution in [3.05, 3.63) is 33.7 Å². The fraction of sp³-hybridized carbons (Fsp3) is 0.538. The number of nitriles is 1.